The fourth-order valence-electron chi connectivity index (χ4n) is 4.60. The van der Waals surface area contributed by atoms with Crippen LogP contribution in [0.1, 0.15) is 29.0 Å². The van der Waals surface area contributed by atoms with Crippen molar-refractivity contribution in [1.29, 1.82) is 0 Å². The normalized spacial score (nSPS) is 13.4. The van der Waals surface area contributed by atoms with Crippen molar-refractivity contribution in [3.63, 3.8) is 0 Å². The van der Waals surface area contributed by atoms with Crippen molar-refractivity contribution in [2.45, 2.75) is 23.5 Å². The fourth-order valence-corrected chi connectivity index (χ4v) is 4.88. The Morgan fingerprint density at radius 1 is 0.763 bits per heavy atom. The molecule has 0 radical (unpaired) electrons. The van der Waals surface area contributed by atoms with Crippen LogP contribution in [0.3, 0.4) is 0 Å². The number of ether oxygens (including phenoxy) is 1. The zero-order valence-corrected chi connectivity index (χ0v) is 21.6. The second-order valence-corrected chi connectivity index (χ2v) is 9.63. The molecule has 3 nitrogen and oxygen atoms in total. The van der Waals surface area contributed by atoms with Crippen LogP contribution in [-0.2, 0) is 5.00 Å². The molecular weight excluding hydrogens is 509 g/mol. The molecule has 7 heteroatoms. The standard InChI is InChI=1S/C31H30ClF3N2O/c32-30(31(33,34)35,26-16-8-3-9-17-26)37(20-11-21-38-28-19-10-18-27(36)22-28)23-29(24-12-4-1-5-13-24)25-14-6-2-7-15-25/h1-10,12-19,22,29H,11,20-21,23,36H2. The number of benzene rings is 4. The second-order valence-electron chi connectivity index (χ2n) is 9.08. The molecule has 0 saturated carbocycles. The van der Waals surface area contributed by atoms with Gasteiger partial charge in [-0.25, -0.2) is 0 Å². The molecule has 0 spiro atoms. The predicted molar refractivity (Wildman–Crippen MR) is 147 cm³/mol. The van der Waals surface area contributed by atoms with Crippen molar-refractivity contribution < 1.29 is 17.9 Å². The maximum absolute atomic E-state index is 14.9. The van der Waals surface area contributed by atoms with Gasteiger partial charge in [0.05, 0.1) is 6.61 Å². The monoisotopic (exact) mass is 538 g/mol. The van der Waals surface area contributed by atoms with Crippen molar-refractivity contribution in [1.82, 2.24) is 4.90 Å². The molecular formula is C31H30ClF3N2O. The third kappa shape index (κ3) is 6.50. The minimum atomic E-state index is -4.75. The van der Waals surface area contributed by atoms with Gasteiger partial charge in [-0.15, -0.1) is 0 Å². The average molecular weight is 539 g/mol. The highest BCUT2D eigenvalue weighted by Crippen LogP contribution is 2.48. The van der Waals surface area contributed by atoms with Crippen LogP contribution in [0.15, 0.2) is 115 Å². The number of halogens is 4. The number of hydrogen-bond acceptors (Lipinski definition) is 3. The summed E-state index contributed by atoms with van der Waals surface area (Å²) in [6.45, 7) is 0.307. The number of rotatable bonds is 11. The van der Waals surface area contributed by atoms with Crippen LogP contribution in [0.2, 0.25) is 0 Å². The summed E-state index contributed by atoms with van der Waals surface area (Å²) >= 11 is 6.69. The molecule has 0 aliphatic heterocycles. The highest BCUT2D eigenvalue weighted by Gasteiger charge is 2.59. The van der Waals surface area contributed by atoms with Crippen molar-refractivity contribution in [3.8, 4) is 5.75 Å². The van der Waals surface area contributed by atoms with Crippen LogP contribution >= 0.6 is 11.6 Å². The zero-order valence-electron chi connectivity index (χ0n) is 20.8. The van der Waals surface area contributed by atoms with Crippen LogP contribution in [0.4, 0.5) is 18.9 Å². The third-order valence-electron chi connectivity index (χ3n) is 6.47. The molecule has 4 aromatic rings. The minimum absolute atomic E-state index is 0.0224. The van der Waals surface area contributed by atoms with Crippen LogP contribution < -0.4 is 10.5 Å². The summed E-state index contributed by atoms with van der Waals surface area (Å²) in [6.07, 6.45) is -4.43. The first-order chi connectivity index (χ1) is 18.3. The van der Waals surface area contributed by atoms with E-state index < -0.39 is 11.2 Å². The number of nitrogen functional groups attached to an aromatic ring is 1. The van der Waals surface area contributed by atoms with Crippen molar-refractivity contribution >= 4 is 17.3 Å². The summed E-state index contributed by atoms with van der Waals surface area (Å²) in [5.41, 5.74) is 8.17. The maximum Gasteiger partial charge on any atom is 0.425 e. The lowest BCUT2D eigenvalue weighted by molar-refractivity contribution is -0.206. The number of hydrogen-bond donors (Lipinski definition) is 1. The summed E-state index contributed by atoms with van der Waals surface area (Å²) in [5.74, 6) is 0.232. The van der Waals surface area contributed by atoms with Gasteiger partial charge in [0.15, 0.2) is 0 Å². The van der Waals surface area contributed by atoms with Crippen molar-refractivity contribution in [2.24, 2.45) is 0 Å². The van der Waals surface area contributed by atoms with E-state index in [4.69, 9.17) is 22.1 Å². The summed E-state index contributed by atoms with van der Waals surface area (Å²) in [7, 11) is 0. The number of nitrogens with zero attached hydrogens (tertiary/aromatic N) is 1. The van der Waals surface area contributed by atoms with Gasteiger partial charge in [0.2, 0.25) is 5.00 Å². The lowest BCUT2D eigenvalue weighted by Crippen LogP contribution is -2.54. The number of nitrogens with two attached hydrogens (primary N) is 1. The molecule has 0 saturated heterocycles. The Bertz CT molecular complexity index is 1230. The fraction of sp³-hybridized carbons (Fsp3) is 0.226. The van der Waals surface area contributed by atoms with E-state index in [2.05, 4.69) is 0 Å². The summed E-state index contributed by atoms with van der Waals surface area (Å²) in [4.78, 5) is -1.40. The molecule has 0 amide bonds. The van der Waals surface area contributed by atoms with Gasteiger partial charge in [-0.05, 0) is 35.2 Å². The van der Waals surface area contributed by atoms with Crippen molar-refractivity contribution in [3.05, 3.63) is 132 Å². The minimum Gasteiger partial charge on any atom is -0.493 e. The Labute approximate surface area is 226 Å². The molecule has 0 aliphatic rings. The molecule has 38 heavy (non-hydrogen) atoms. The van der Waals surface area contributed by atoms with Crippen LogP contribution in [0.5, 0.6) is 5.75 Å². The molecule has 0 aromatic heterocycles. The smallest absolute Gasteiger partial charge is 0.425 e. The zero-order chi connectivity index (χ0) is 27.0. The highest BCUT2D eigenvalue weighted by atomic mass is 35.5. The molecule has 0 bridgehead atoms. The van der Waals surface area contributed by atoms with E-state index in [9.17, 15) is 13.2 Å². The largest absolute Gasteiger partial charge is 0.493 e. The third-order valence-corrected chi connectivity index (χ3v) is 7.15. The Hall–Kier alpha value is -3.48. The lowest BCUT2D eigenvalue weighted by atomic mass is 9.89. The van der Waals surface area contributed by atoms with E-state index in [-0.39, 0.29) is 31.2 Å². The molecule has 0 heterocycles. The van der Waals surface area contributed by atoms with Gasteiger partial charge in [-0.1, -0.05) is 109 Å². The summed E-state index contributed by atoms with van der Waals surface area (Å²) in [5, 5.41) is 0. The first-order valence-corrected chi connectivity index (χ1v) is 12.8. The molecule has 0 fully saturated rings. The van der Waals surface area contributed by atoms with E-state index >= 15 is 0 Å². The quantitative estimate of drug-likeness (QED) is 0.0915. The van der Waals surface area contributed by atoms with Gasteiger partial charge in [-0.3, -0.25) is 4.90 Å². The van der Waals surface area contributed by atoms with E-state index in [0.717, 1.165) is 11.1 Å². The van der Waals surface area contributed by atoms with Gasteiger partial charge in [0, 0.05) is 30.8 Å². The summed E-state index contributed by atoms with van der Waals surface area (Å²) in [6, 6.07) is 33.7. The SMILES string of the molecule is Nc1cccc(OCCCN(CC(c2ccccc2)c2ccccc2)C(Cl)(c2ccccc2)C(F)(F)F)c1. The first-order valence-electron chi connectivity index (χ1n) is 12.4. The molecule has 4 rings (SSSR count). The Kier molecular flexibility index (Phi) is 8.97. The van der Waals surface area contributed by atoms with E-state index in [1.807, 2.05) is 60.7 Å². The van der Waals surface area contributed by atoms with E-state index in [0.29, 0.717) is 17.9 Å². The molecule has 4 aromatic carbocycles. The van der Waals surface area contributed by atoms with E-state index in [1.165, 1.54) is 17.0 Å². The molecule has 0 aliphatic carbocycles. The first kappa shape index (κ1) is 27.6. The Morgan fingerprint density at radius 2 is 1.32 bits per heavy atom. The van der Waals surface area contributed by atoms with Crippen LogP contribution in [-0.4, -0.2) is 30.8 Å². The average Bonchev–Trinajstić information content (AvgIpc) is 2.93. The second kappa shape index (κ2) is 12.4. The Balaban J connectivity index is 1.68. The van der Waals surface area contributed by atoms with E-state index in [1.54, 1.807) is 42.5 Å². The van der Waals surface area contributed by atoms with Gasteiger partial charge in [0.1, 0.15) is 5.75 Å². The van der Waals surface area contributed by atoms with Gasteiger partial charge in [-0.2, -0.15) is 13.2 Å². The van der Waals surface area contributed by atoms with Crippen LogP contribution in [0, 0.1) is 0 Å². The summed E-state index contributed by atoms with van der Waals surface area (Å²) < 4.78 is 50.5. The maximum atomic E-state index is 14.9. The van der Waals surface area contributed by atoms with Gasteiger partial charge in [0.25, 0.3) is 0 Å². The lowest BCUT2D eigenvalue weighted by Gasteiger charge is -2.42. The van der Waals surface area contributed by atoms with Crippen molar-refractivity contribution in [2.75, 3.05) is 25.4 Å². The van der Waals surface area contributed by atoms with Gasteiger partial charge >= 0.3 is 6.18 Å². The van der Waals surface area contributed by atoms with Gasteiger partial charge < -0.3 is 10.5 Å². The van der Waals surface area contributed by atoms with Crippen LogP contribution in [0.25, 0.3) is 0 Å². The highest BCUT2D eigenvalue weighted by molar-refractivity contribution is 6.24. The molecule has 1 atom stereocenters. The topological polar surface area (TPSA) is 38.5 Å². The molecule has 198 valence electrons. The predicted octanol–water partition coefficient (Wildman–Crippen LogP) is 7.83. The molecule has 1 unspecified atom stereocenters. The number of alkyl halides is 4. The number of anilines is 1. The molecule has 2 N–H and O–H groups in total. The Morgan fingerprint density at radius 3 is 1.84 bits per heavy atom.